The fourth-order valence-electron chi connectivity index (χ4n) is 3.24. The molecule has 0 radical (unpaired) electrons. The minimum atomic E-state index is -4.38. The van der Waals surface area contributed by atoms with Crippen LogP contribution in [0, 0.1) is 0 Å². The fourth-order valence-corrected chi connectivity index (χ4v) is 3.24. The first-order chi connectivity index (χ1) is 12.8. The predicted octanol–water partition coefficient (Wildman–Crippen LogP) is 2.46. The Balaban J connectivity index is 1.60. The molecule has 0 bridgehead atoms. The van der Waals surface area contributed by atoms with Gasteiger partial charge in [0.05, 0.1) is 10.9 Å². The summed E-state index contributed by atoms with van der Waals surface area (Å²) in [6, 6.07) is 7.26. The first-order valence-corrected chi connectivity index (χ1v) is 8.16. The summed E-state index contributed by atoms with van der Waals surface area (Å²) in [5, 5.41) is 10.3. The van der Waals surface area contributed by atoms with Gasteiger partial charge in [0, 0.05) is 18.3 Å². The number of hydrogen-bond donors (Lipinski definition) is 2. The zero-order chi connectivity index (χ0) is 19.2. The molecule has 4 rings (SSSR count). The maximum atomic E-state index is 12.6. The van der Waals surface area contributed by atoms with Crippen molar-refractivity contribution in [3.8, 4) is 0 Å². The second kappa shape index (κ2) is 5.93. The highest BCUT2D eigenvalue weighted by atomic mass is 19.4. The molecule has 1 amide bonds. The van der Waals surface area contributed by atoms with Crippen LogP contribution in [-0.2, 0) is 12.1 Å². The van der Waals surface area contributed by atoms with Crippen LogP contribution in [-0.4, -0.2) is 38.4 Å². The SMILES string of the molecule is CC1(CNc2ncnc3nn(CC(F)(F)F)cc23)NC(=O)c2ccccc21. The molecule has 27 heavy (non-hydrogen) atoms. The van der Waals surface area contributed by atoms with Crippen LogP contribution in [0.25, 0.3) is 11.0 Å². The summed E-state index contributed by atoms with van der Waals surface area (Å²) in [5.74, 6) is 0.189. The summed E-state index contributed by atoms with van der Waals surface area (Å²) < 4.78 is 38.6. The number of nitrogens with zero attached hydrogens (tertiary/aromatic N) is 4. The quantitative estimate of drug-likeness (QED) is 0.731. The number of amides is 1. The number of carbonyl (C=O) groups excluding carboxylic acids is 1. The van der Waals surface area contributed by atoms with Crippen LogP contribution < -0.4 is 10.6 Å². The van der Waals surface area contributed by atoms with Crippen molar-refractivity contribution in [3.63, 3.8) is 0 Å². The fraction of sp³-hybridized carbons (Fsp3) is 0.294. The molecule has 1 aliphatic heterocycles. The standard InChI is InChI=1S/C17H15F3N6O/c1-16(12-5-3-2-4-10(12)15(27)24-16)7-21-13-11-6-26(8-17(18,19)20)25-14(11)23-9-22-13/h2-6,9H,7-8H2,1H3,(H,24,27)(H,21,22,23,25). The third kappa shape index (κ3) is 3.18. The molecule has 140 valence electrons. The second-order valence-corrected chi connectivity index (χ2v) is 6.59. The number of hydrogen-bond acceptors (Lipinski definition) is 5. The predicted molar refractivity (Wildman–Crippen MR) is 91.1 cm³/mol. The van der Waals surface area contributed by atoms with Crippen molar-refractivity contribution in [2.75, 3.05) is 11.9 Å². The Bertz CT molecular complexity index is 1030. The lowest BCUT2D eigenvalue weighted by molar-refractivity contribution is -0.142. The van der Waals surface area contributed by atoms with Gasteiger partial charge in [0.25, 0.3) is 5.91 Å². The van der Waals surface area contributed by atoms with Crippen LogP contribution >= 0.6 is 0 Å². The minimum Gasteiger partial charge on any atom is -0.367 e. The Morgan fingerprint density at radius 3 is 2.81 bits per heavy atom. The van der Waals surface area contributed by atoms with Crippen LogP contribution in [0.5, 0.6) is 0 Å². The highest BCUT2D eigenvalue weighted by Crippen LogP contribution is 2.31. The van der Waals surface area contributed by atoms with Crippen molar-refractivity contribution in [2.45, 2.75) is 25.2 Å². The van der Waals surface area contributed by atoms with E-state index in [1.807, 2.05) is 19.1 Å². The molecule has 0 saturated carbocycles. The highest BCUT2D eigenvalue weighted by Gasteiger charge is 2.38. The Labute approximate surface area is 151 Å². The first kappa shape index (κ1) is 17.3. The van der Waals surface area contributed by atoms with Gasteiger partial charge in [-0.05, 0) is 18.6 Å². The normalized spacial score (nSPS) is 19.2. The van der Waals surface area contributed by atoms with E-state index in [1.54, 1.807) is 12.1 Å². The van der Waals surface area contributed by atoms with Crippen molar-refractivity contribution < 1.29 is 18.0 Å². The Morgan fingerprint density at radius 1 is 1.26 bits per heavy atom. The molecule has 1 aliphatic rings. The van der Waals surface area contributed by atoms with Gasteiger partial charge in [-0.3, -0.25) is 9.48 Å². The van der Waals surface area contributed by atoms with Crippen molar-refractivity contribution in [3.05, 3.63) is 47.9 Å². The Morgan fingerprint density at radius 2 is 2.04 bits per heavy atom. The van der Waals surface area contributed by atoms with Crippen molar-refractivity contribution in [2.24, 2.45) is 0 Å². The van der Waals surface area contributed by atoms with Crippen molar-refractivity contribution in [1.82, 2.24) is 25.1 Å². The number of halogens is 3. The Kier molecular flexibility index (Phi) is 3.79. The lowest BCUT2D eigenvalue weighted by Gasteiger charge is -2.26. The largest absolute Gasteiger partial charge is 0.408 e. The monoisotopic (exact) mass is 376 g/mol. The molecule has 0 saturated heterocycles. The smallest absolute Gasteiger partial charge is 0.367 e. The van der Waals surface area contributed by atoms with E-state index in [0.717, 1.165) is 10.2 Å². The number of rotatable bonds is 4. The summed E-state index contributed by atoms with van der Waals surface area (Å²) in [5.41, 5.74) is 0.943. The van der Waals surface area contributed by atoms with Gasteiger partial charge in [-0.25, -0.2) is 9.97 Å². The zero-order valence-electron chi connectivity index (χ0n) is 14.2. The van der Waals surface area contributed by atoms with Gasteiger partial charge in [-0.1, -0.05) is 18.2 Å². The molecule has 3 heterocycles. The molecule has 0 spiro atoms. The molecular formula is C17H15F3N6O. The van der Waals surface area contributed by atoms with Crippen LogP contribution in [0.1, 0.15) is 22.8 Å². The maximum Gasteiger partial charge on any atom is 0.408 e. The van der Waals surface area contributed by atoms with Gasteiger partial charge in [-0.15, -0.1) is 0 Å². The molecule has 7 nitrogen and oxygen atoms in total. The second-order valence-electron chi connectivity index (χ2n) is 6.59. The molecule has 0 fully saturated rings. The number of anilines is 1. The van der Waals surface area contributed by atoms with Gasteiger partial charge < -0.3 is 10.6 Å². The van der Waals surface area contributed by atoms with Crippen molar-refractivity contribution >= 4 is 22.8 Å². The number of fused-ring (bicyclic) bond motifs is 2. The van der Waals surface area contributed by atoms with Crippen molar-refractivity contribution in [1.29, 1.82) is 0 Å². The minimum absolute atomic E-state index is 0.165. The van der Waals surface area contributed by atoms with Crippen LogP contribution in [0.4, 0.5) is 19.0 Å². The topological polar surface area (TPSA) is 84.7 Å². The van der Waals surface area contributed by atoms with Gasteiger partial charge in [0.15, 0.2) is 5.65 Å². The summed E-state index contributed by atoms with van der Waals surface area (Å²) in [4.78, 5) is 20.2. The lowest BCUT2D eigenvalue weighted by atomic mass is 9.92. The molecule has 1 unspecified atom stereocenters. The number of aromatic nitrogens is 4. The molecule has 2 aromatic heterocycles. The molecular weight excluding hydrogens is 361 g/mol. The summed E-state index contributed by atoms with van der Waals surface area (Å²) in [6.45, 7) is 0.964. The number of benzene rings is 1. The van der Waals surface area contributed by atoms with E-state index in [9.17, 15) is 18.0 Å². The summed E-state index contributed by atoms with van der Waals surface area (Å²) in [6.07, 6.45) is -1.89. The number of carbonyl (C=O) groups is 1. The maximum absolute atomic E-state index is 12.6. The highest BCUT2D eigenvalue weighted by molar-refractivity contribution is 6.00. The molecule has 3 aromatic rings. The summed E-state index contributed by atoms with van der Waals surface area (Å²) >= 11 is 0. The zero-order valence-corrected chi connectivity index (χ0v) is 14.2. The number of nitrogens with one attached hydrogen (secondary N) is 2. The van der Waals surface area contributed by atoms with Crippen LogP contribution in [0.15, 0.2) is 36.8 Å². The van der Waals surface area contributed by atoms with E-state index in [1.165, 1.54) is 12.5 Å². The van der Waals surface area contributed by atoms with E-state index in [0.29, 0.717) is 23.3 Å². The van der Waals surface area contributed by atoms with E-state index >= 15 is 0 Å². The molecule has 1 atom stereocenters. The van der Waals surface area contributed by atoms with E-state index in [2.05, 4.69) is 25.7 Å². The average molecular weight is 376 g/mol. The third-order valence-corrected chi connectivity index (χ3v) is 4.47. The van der Waals surface area contributed by atoms with E-state index in [4.69, 9.17) is 0 Å². The third-order valence-electron chi connectivity index (χ3n) is 4.47. The van der Waals surface area contributed by atoms with Gasteiger partial charge >= 0.3 is 6.18 Å². The molecule has 2 N–H and O–H groups in total. The first-order valence-electron chi connectivity index (χ1n) is 8.16. The average Bonchev–Trinajstić information content (AvgIpc) is 3.11. The van der Waals surface area contributed by atoms with Gasteiger partial charge in [0.1, 0.15) is 18.7 Å². The number of alkyl halides is 3. The Hall–Kier alpha value is -3.17. The van der Waals surface area contributed by atoms with E-state index in [-0.39, 0.29) is 11.6 Å². The van der Waals surface area contributed by atoms with Crippen LogP contribution in [0.3, 0.4) is 0 Å². The van der Waals surface area contributed by atoms with Crippen LogP contribution in [0.2, 0.25) is 0 Å². The van der Waals surface area contributed by atoms with Gasteiger partial charge in [-0.2, -0.15) is 18.3 Å². The lowest BCUT2D eigenvalue weighted by Crippen LogP contribution is -2.42. The van der Waals surface area contributed by atoms with Gasteiger partial charge in [0.2, 0.25) is 0 Å². The summed E-state index contributed by atoms with van der Waals surface area (Å²) in [7, 11) is 0. The van der Waals surface area contributed by atoms with E-state index < -0.39 is 18.3 Å². The molecule has 10 heteroatoms. The molecule has 0 aliphatic carbocycles. The molecule has 1 aromatic carbocycles.